The summed E-state index contributed by atoms with van der Waals surface area (Å²) in [7, 11) is 1.55. The highest BCUT2D eigenvalue weighted by atomic mass is 32.2. The number of phenols is 1. The van der Waals surface area contributed by atoms with Gasteiger partial charge in [-0.15, -0.1) is 11.8 Å². The lowest BCUT2D eigenvalue weighted by Crippen LogP contribution is -2.34. The molecule has 0 saturated carbocycles. The molecule has 5 heteroatoms. The Bertz CT molecular complexity index is 690. The number of carbonyl (C=O) groups excluding carboxylic acids is 1. The summed E-state index contributed by atoms with van der Waals surface area (Å²) < 4.78 is 5.44. The Kier molecular flexibility index (Phi) is 6.00. The Morgan fingerprint density at radius 2 is 1.96 bits per heavy atom. The zero-order valence-corrected chi connectivity index (χ0v) is 15.1. The fourth-order valence-corrected chi connectivity index (χ4v) is 4.14. The maximum atomic E-state index is 12.8. The first-order valence-electron chi connectivity index (χ1n) is 8.45. The van der Waals surface area contributed by atoms with Crippen molar-refractivity contribution in [3.63, 3.8) is 0 Å². The molecule has 2 aromatic rings. The normalized spacial score (nSPS) is 18.3. The minimum absolute atomic E-state index is 0.000371. The van der Waals surface area contributed by atoms with E-state index in [0.717, 1.165) is 30.8 Å². The van der Waals surface area contributed by atoms with Crippen LogP contribution in [0.1, 0.15) is 18.1 Å². The molecule has 0 unspecified atom stereocenters. The van der Waals surface area contributed by atoms with Gasteiger partial charge in [-0.2, -0.15) is 0 Å². The number of rotatable bonds is 6. The topological polar surface area (TPSA) is 49.8 Å². The number of thioether (sulfide) groups is 1. The van der Waals surface area contributed by atoms with Crippen LogP contribution in [-0.4, -0.2) is 41.9 Å². The average Bonchev–Trinajstić information content (AvgIpc) is 3.12. The Labute approximate surface area is 152 Å². The maximum absolute atomic E-state index is 12.8. The number of amides is 1. The van der Waals surface area contributed by atoms with Crippen LogP contribution < -0.4 is 0 Å². The first kappa shape index (κ1) is 17.8. The third-order valence-electron chi connectivity index (χ3n) is 4.48. The third-order valence-corrected chi connectivity index (χ3v) is 5.73. The van der Waals surface area contributed by atoms with Gasteiger partial charge < -0.3 is 14.7 Å². The Balaban J connectivity index is 1.56. The van der Waals surface area contributed by atoms with E-state index in [1.54, 1.807) is 31.4 Å². The highest BCUT2D eigenvalue weighted by molar-refractivity contribution is 7.99. The highest BCUT2D eigenvalue weighted by Crippen LogP contribution is 2.29. The van der Waals surface area contributed by atoms with Gasteiger partial charge in [0.1, 0.15) is 5.75 Å². The lowest BCUT2D eigenvalue weighted by molar-refractivity contribution is -0.141. The van der Waals surface area contributed by atoms with Gasteiger partial charge in [-0.05, 0) is 42.2 Å². The number of benzene rings is 2. The summed E-state index contributed by atoms with van der Waals surface area (Å²) in [5.74, 6) is 1.71. The molecule has 1 amide bonds. The van der Waals surface area contributed by atoms with Crippen molar-refractivity contribution in [2.24, 2.45) is 5.92 Å². The van der Waals surface area contributed by atoms with Crippen LogP contribution in [-0.2, 0) is 9.53 Å². The number of hydrogen-bond donors (Lipinski definition) is 1. The summed E-state index contributed by atoms with van der Waals surface area (Å²) in [5, 5.41) is 9.41. The number of nitrogens with zero attached hydrogens (tertiary/aromatic N) is 1. The van der Waals surface area contributed by atoms with Crippen molar-refractivity contribution in [3.8, 4) is 5.75 Å². The van der Waals surface area contributed by atoms with Crippen LogP contribution in [0.15, 0.2) is 59.5 Å². The number of ether oxygens (including phenoxy) is 1. The van der Waals surface area contributed by atoms with Gasteiger partial charge in [0.25, 0.3) is 5.91 Å². The summed E-state index contributed by atoms with van der Waals surface area (Å²) >= 11 is 1.85. The fourth-order valence-electron chi connectivity index (χ4n) is 3.09. The van der Waals surface area contributed by atoms with Crippen LogP contribution >= 0.6 is 11.8 Å². The SMILES string of the molecule is CO[C@H](C(=O)N1CC[C@@H](CSc2ccccc2)C1)c1ccc(O)cc1. The van der Waals surface area contributed by atoms with E-state index >= 15 is 0 Å². The van der Waals surface area contributed by atoms with Gasteiger partial charge in [-0.3, -0.25) is 4.79 Å². The van der Waals surface area contributed by atoms with E-state index in [1.807, 2.05) is 34.9 Å². The number of aromatic hydroxyl groups is 1. The Morgan fingerprint density at radius 1 is 1.24 bits per heavy atom. The fraction of sp³-hybridized carbons (Fsp3) is 0.350. The zero-order valence-electron chi connectivity index (χ0n) is 14.3. The summed E-state index contributed by atoms with van der Waals surface area (Å²) in [6, 6.07) is 17.0. The van der Waals surface area contributed by atoms with E-state index in [0.29, 0.717) is 5.92 Å². The van der Waals surface area contributed by atoms with Crippen LogP contribution in [0.5, 0.6) is 5.75 Å². The molecule has 25 heavy (non-hydrogen) atoms. The van der Waals surface area contributed by atoms with Crippen molar-refractivity contribution in [2.45, 2.75) is 17.4 Å². The molecule has 1 aliphatic heterocycles. The number of phenolic OH excluding ortho intramolecular Hbond substituents is 1. The number of methoxy groups -OCH3 is 1. The molecular formula is C20H23NO3S. The molecule has 132 valence electrons. The second-order valence-corrected chi connectivity index (χ2v) is 7.36. The second-order valence-electron chi connectivity index (χ2n) is 6.27. The molecule has 0 aromatic heterocycles. The van der Waals surface area contributed by atoms with E-state index < -0.39 is 6.10 Å². The van der Waals surface area contributed by atoms with Gasteiger partial charge in [-0.1, -0.05) is 30.3 Å². The molecule has 1 heterocycles. The molecule has 0 spiro atoms. The molecule has 2 aromatic carbocycles. The zero-order chi connectivity index (χ0) is 17.6. The lowest BCUT2D eigenvalue weighted by Gasteiger charge is -2.23. The Morgan fingerprint density at radius 3 is 2.64 bits per heavy atom. The van der Waals surface area contributed by atoms with Gasteiger partial charge in [-0.25, -0.2) is 0 Å². The smallest absolute Gasteiger partial charge is 0.256 e. The van der Waals surface area contributed by atoms with Gasteiger partial charge in [0.15, 0.2) is 6.10 Å². The lowest BCUT2D eigenvalue weighted by atomic mass is 10.1. The number of carbonyl (C=O) groups is 1. The molecular weight excluding hydrogens is 334 g/mol. The van der Waals surface area contributed by atoms with Crippen molar-refractivity contribution < 1.29 is 14.6 Å². The minimum Gasteiger partial charge on any atom is -0.508 e. The molecule has 1 fully saturated rings. The maximum Gasteiger partial charge on any atom is 0.256 e. The summed E-state index contributed by atoms with van der Waals surface area (Å²) in [5.41, 5.74) is 0.771. The summed E-state index contributed by atoms with van der Waals surface area (Å²) in [6.45, 7) is 1.55. The third kappa shape index (κ3) is 4.55. The van der Waals surface area contributed by atoms with Crippen molar-refractivity contribution in [1.29, 1.82) is 0 Å². The summed E-state index contributed by atoms with van der Waals surface area (Å²) in [6.07, 6.45) is 0.415. The monoisotopic (exact) mass is 357 g/mol. The first-order valence-corrected chi connectivity index (χ1v) is 9.44. The number of likely N-dealkylation sites (tertiary alicyclic amines) is 1. The molecule has 0 aliphatic carbocycles. The van der Waals surface area contributed by atoms with E-state index in [2.05, 4.69) is 12.1 Å². The number of hydrogen-bond acceptors (Lipinski definition) is 4. The first-order chi connectivity index (χ1) is 12.2. The van der Waals surface area contributed by atoms with Crippen LogP contribution in [0, 0.1) is 5.92 Å². The van der Waals surface area contributed by atoms with Crippen molar-refractivity contribution >= 4 is 17.7 Å². The molecule has 3 rings (SSSR count). The predicted octanol–water partition coefficient (Wildman–Crippen LogP) is 3.72. The van der Waals surface area contributed by atoms with E-state index in [-0.39, 0.29) is 11.7 Å². The second kappa shape index (κ2) is 8.41. The van der Waals surface area contributed by atoms with Crippen LogP contribution in [0.3, 0.4) is 0 Å². The van der Waals surface area contributed by atoms with Crippen molar-refractivity contribution in [2.75, 3.05) is 26.0 Å². The van der Waals surface area contributed by atoms with Gasteiger partial charge in [0, 0.05) is 30.8 Å². The average molecular weight is 357 g/mol. The quantitative estimate of drug-likeness (QED) is 0.801. The summed E-state index contributed by atoms with van der Waals surface area (Å²) in [4.78, 5) is 16.0. The van der Waals surface area contributed by atoms with Crippen molar-refractivity contribution in [1.82, 2.24) is 4.90 Å². The molecule has 1 aliphatic rings. The molecule has 1 saturated heterocycles. The van der Waals surface area contributed by atoms with Gasteiger partial charge in [0.2, 0.25) is 0 Å². The molecule has 0 radical (unpaired) electrons. The van der Waals surface area contributed by atoms with Crippen LogP contribution in [0.4, 0.5) is 0 Å². The largest absolute Gasteiger partial charge is 0.508 e. The van der Waals surface area contributed by atoms with Gasteiger partial charge in [0.05, 0.1) is 0 Å². The predicted molar refractivity (Wildman–Crippen MR) is 99.7 cm³/mol. The van der Waals surface area contributed by atoms with Crippen molar-refractivity contribution in [3.05, 3.63) is 60.2 Å². The molecule has 2 atom stereocenters. The molecule has 0 bridgehead atoms. The van der Waals surface area contributed by atoms with E-state index in [4.69, 9.17) is 4.74 Å². The van der Waals surface area contributed by atoms with Gasteiger partial charge >= 0.3 is 0 Å². The van der Waals surface area contributed by atoms with E-state index in [9.17, 15) is 9.90 Å². The Hall–Kier alpha value is -1.98. The standard InChI is InChI=1S/C20H23NO3S/c1-24-19(16-7-9-17(22)10-8-16)20(23)21-12-11-15(13-21)14-25-18-5-3-2-4-6-18/h2-10,15,19,22H,11-14H2,1H3/t15-,19+/m1/s1. The minimum atomic E-state index is -0.610. The molecule has 4 nitrogen and oxygen atoms in total. The molecule has 1 N–H and O–H groups in total. The highest BCUT2D eigenvalue weighted by Gasteiger charge is 2.31. The van der Waals surface area contributed by atoms with Crippen LogP contribution in [0.25, 0.3) is 0 Å². The van der Waals surface area contributed by atoms with E-state index in [1.165, 1.54) is 4.90 Å². The van der Waals surface area contributed by atoms with Crippen LogP contribution in [0.2, 0.25) is 0 Å².